The van der Waals surface area contributed by atoms with Crippen molar-refractivity contribution >= 4 is 17.8 Å². The summed E-state index contributed by atoms with van der Waals surface area (Å²) in [5.41, 5.74) is 5.16. The second-order valence-corrected chi connectivity index (χ2v) is 4.01. The van der Waals surface area contributed by atoms with Crippen LogP contribution in [0.1, 0.15) is 27.2 Å². The molecule has 6 nitrogen and oxygen atoms in total. The smallest absolute Gasteiger partial charge is 0.330 e. The van der Waals surface area contributed by atoms with Crippen molar-refractivity contribution in [2.24, 2.45) is 11.7 Å². The maximum Gasteiger partial charge on any atom is 0.330 e. The average Bonchev–Trinajstić information content (AvgIpc) is 2.27. The number of esters is 1. The monoisotopic (exact) mass is 256 g/mol. The van der Waals surface area contributed by atoms with Crippen molar-refractivity contribution in [3.05, 3.63) is 12.2 Å². The van der Waals surface area contributed by atoms with Crippen LogP contribution >= 0.6 is 0 Å². The van der Waals surface area contributed by atoms with E-state index in [0.29, 0.717) is 0 Å². The van der Waals surface area contributed by atoms with Gasteiger partial charge in [0.25, 0.3) is 0 Å². The quantitative estimate of drug-likeness (QED) is 0.499. The predicted molar refractivity (Wildman–Crippen MR) is 66.4 cm³/mol. The summed E-state index contributed by atoms with van der Waals surface area (Å²) in [6, 6.07) is -0.814. The summed E-state index contributed by atoms with van der Waals surface area (Å²) >= 11 is 0. The zero-order valence-corrected chi connectivity index (χ0v) is 10.9. The average molecular weight is 256 g/mol. The van der Waals surface area contributed by atoms with Gasteiger partial charge < -0.3 is 15.8 Å². The molecular formula is C12H20N2O4. The summed E-state index contributed by atoms with van der Waals surface area (Å²) in [7, 11) is 0. The molecule has 0 spiro atoms. The van der Waals surface area contributed by atoms with Gasteiger partial charge in [-0.3, -0.25) is 9.59 Å². The minimum absolute atomic E-state index is 0.159. The Labute approximate surface area is 107 Å². The predicted octanol–water partition coefficient (Wildman–Crippen LogP) is 0.122. The third-order valence-electron chi connectivity index (χ3n) is 2.10. The van der Waals surface area contributed by atoms with Gasteiger partial charge >= 0.3 is 5.97 Å². The van der Waals surface area contributed by atoms with Crippen LogP contribution in [0.2, 0.25) is 0 Å². The van der Waals surface area contributed by atoms with Crippen LogP contribution in [0.15, 0.2) is 12.2 Å². The van der Waals surface area contributed by atoms with Crippen molar-refractivity contribution in [3.8, 4) is 0 Å². The van der Waals surface area contributed by atoms with E-state index in [2.05, 4.69) is 10.1 Å². The Morgan fingerprint density at radius 1 is 1.33 bits per heavy atom. The van der Waals surface area contributed by atoms with Crippen LogP contribution in [0.4, 0.5) is 0 Å². The lowest BCUT2D eigenvalue weighted by Crippen LogP contribution is -2.45. The lowest BCUT2D eigenvalue weighted by atomic mass is 10.1. The standard InChI is InChI=1S/C12H20N2O4/c1-4-18-10(15)7-5-6-9(11(13)16)14-12(17)8(2)3/h5,7-9H,4,6H2,1-3H3,(H2,13,16)(H,14,17)/b7-5+/t9-/m0/s1. The Balaban J connectivity index is 4.34. The summed E-state index contributed by atoms with van der Waals surface area (Å²) < 4.78 is 4.67. The molecule has 2 amide bonds. The minimum atomic E-state index is -0.814. The Kier molecular flexibility index (Phi) is 7.42. The molecule has 0 aromatic rings. The topological polar surface area (TPSA) is 98.5 Å². The maximum atomic E-state index is 11.4. The van der Waals surface area contributed by atoms with Crippen molar-refractivity contribution in [2.45, 2.75) is 33.2 Å². The molecule has 0 bridgehead atoms. The molecule has 102 valence electrons. The summed E-state index contributed by atoms with van der Waals surface area (Å²) in [5, 5.41) is 2.50. The van der Waals surface area contributed by atoms with Gasteiger partial charge in [-0.1, -0.05) is 19.9 Å². The zero-order valence-electron chi connectivity index (χ0n) is 10.9. The van der Waals surface area contributed by atoms with Gasteiger partial charge in [-0.05, 0) is 13.3 Å². The Hall–Kier alpha value is -1.85. The molecule has 0 rings (SSSR count). The molecule has 0 aliphatic rings. The molecule has 18 heavy (non-hydrogen) atoms. The molecule has 0 unspecified atom stereocenters. The van der Waals surface area contributed by atoms with Gasteiger partial charge in [0.15, 0.2) is 0 Å². The van der Waals surface area contributed by atoms with E-state index in [9.17, 15) is 14.4 Å². The van der Waals surface area contributed by atoms with Crippen molar-refractivity contribution in [3.63, 3.8) is 0 Å². The number of nitrogens with one attached hydrogen (secondary N) is 1. The van der Waals surface area contributed by atoms with E-state index in [1.807, 2.05) is 0 Å². The molecular weight excluding hydrogens is 236 g/mol. The van der Waals surface area contributed by atoms with Crippen LogP contribution < -0.4 is 11.1 Å². The first-order valence-electron chi connectivity index (χ1n) is 5.81. The number of hydrogen-bond acceptors (Lipinski definition) is 4. The Bertz CT molecular complexity index is 337. The Morgan fingerprint density at radius 3 is 2.39 bits per heavy atom. The number of nitrogens with two attached hydrogens (primary N) is 1. The van der Waals surface area contributed by atoms with Crippen LogP contribution in [0.3, 0.4) is 0 Å². The van der Waals surface area contributed by atoms with Crippen LogP contribution in [0.25, 0.3) is 0 Å². The molecule has 0 aliphatic heterocycles. The zero-order chi connectivity index (χ0) is 14.1. The summed E-state index contributed by atoms with van der Waals surface area (Å²) in [5.74, 6) is -1.63. The van der Waals surface area contributed by atoms with Crippen LogP contribution in [0.5, 0.6) is 0 Å². The highest BCUT2D eigenvalue weighted by Gasteiger charge is 2.18. The molecule has 6 heteroatoms. The third kappa shape index (κ3) is 6.67. The minimum Gasteiger partial charge on any atom is -0.463 e. The largest absolute Gasteiger partial charge is 0.463 e. The molecule has 0 fully saturated rings. The van der Waals surface area contributed by atoms with Gasteiger partial charge in [-0.15, -0.1) is 0 Å². The first-order chi connectivity index (χ1) is 8.38. The molecule has 0 saturated heterocycles. The number of amides is 2. The van der Waals surface area contributed by atoms with E-state index in [1.165, 1.54) is 12.2 Å². The van der Waals surface area contributed by atoms with Crippen LogP contribution in [0, 0.1) is 5.92 Å². The number of hydrogen-bond donors (Lipinski definition) is 2. The number of carbonyl (C=O) groups is 3. The summed E-state index contributed by atoms with van der Waals surface area (Å²) in [6.07, 6.45) is 2.82. The highest BCUT2D eigenvalue weighted by molar-refractivity contribution is 5.87. The highest BCUT2D eigenvalue weighted by Crippen LogP contribution is 1.98. The third-order valence-corrected chi connectivity index (χ3v) is 2.10. The fraction of sp³-hybridized carbons (Fsp3) is 0.583. The van der Waals surface area contributed by atoms with Gasteiger partial charge in [0, 0.05) is 12.0 Å². The van der Waals surface area contributed by atoms with Gasteiger partial charge in [0.1, 0.15) is 6.04 Å². The van der Waals surface area contributed by atoms with Gasteiger partial charge in [-0.2, -0.15) is 0 Å². The van der Waals surface area contributed by atoms with Gasteiger partial charge in [0.2, 0.25) is 11.8 Å². The maximum absolute atomic E-state index is 11.4. The number of rotatable bonds is 7. The SMILES string of the molecule is CCOC(=O)/C=C/C[C@H](NC(=O)C(C)C)C(N)=O. The molecule has 0 heterocycles. The lowest BCUT2D eigenvalue weighted by molar-refractivity contribution is -0.137. The second-order valence-electron chi connectivity index (χ2n) is 4.01. The van der Waals surface area contributed by atoms with E-state index in [-0.39, 0.29) is 24.9 Å². The second kappa shape index (κ2) is 8.27. The molecule has 3 N–H and O–H groups in total. The molecule has 0 aromatic carbocycles. The highest BCUT2D eigenvalue weighted by atomic mass is 16.5. The molecule has 0 saturated carbocycles. The van der Waals surface area contributed by atoms with E-state index >= 15 is 0 Å². The van der Waals surface area contributed by atoms with Crippen molar-refractivity contribution < 1.29 is 19.1 Å². The normalized spacial score (nSPS) is 12.4. The van der Waals surface area contributed by atoms with Crippen molar-refractivity contribution in [2.75, 3.05) is 6.61 Å². The number of carbonyl (C=O) groups excluding carboxylic acids is 3. The fourth-order valence-corrected chi connectivity index (χ4v) is 1.08. The molecule has 0 aromatic heterocycles. The number of primary amides is 1. The summed E-state index contributed by atoms with van der Waals surface area (Å²) in [4.78, 5) is 33.6. The summed E-state index contributed by atoms with van der Waals surface area (Å²) in [6.45, 7) is 5.40. The van der Waals surface area contributed by atoms with E-state index in [0.717, 1.165) is 0 Å². The molecule has 0 radical (unpaired) electrons. The van der Waals surface area contributed by atoms with E-state index in [1.54, 1.807) is 20.8 Å². The van der Waals surface area contributed by atoms with Crippen LogP contribution in [-0.2, 0) is 19.1 Å². The van der Waals surface area contributed by atoms with Crippen LogP contribution in [-0.4, -0.2) is 30.4 Å². The fourth-order valence-electron chi connectivity index (χ4n) is 1.08. The van der Waals surface area contributed by atoms with Crippen molar-refractivity contribution in [1.82, 2.24) is 5.32 Å². The van der Waals surface area contributed by atoms with E-state index in [4.69, 9.17) is 5.73 Å². The first-order valence-corrected chi connectivity index (χ1v) is 5.81. The van der Waals surface area contributed by atoms with E-state index < -0.39 is 17.9 Å². The van der Waals surface area contributed by atoms with Gasteiger partial charge in [0.05, 0.1) is 6.61 Å². The van der Waals surface area contributed by atoms with Crippen molar-refractivity contribution in [1.29, 1.82) is 0 Å². The number of ether oxygens (including phenoxy) is 1. The van der Waals surface area contributed by atoms with Gasteiger partial charge in [-0.25, -0.2) is 4.79 Å². The molecule has 0 aliphatic carbocycles. The lowest BCUT2D eigenvalue weighted by Gasteiger charge is -2.15. The molecule has 1 atom stereocenters. The first kappa shape index (κ1) is 16.1. The Morgan fingerprint density at radius 2 is 1.94 bits per heavy atom.